The van der Waals surface area contributed by atoms with Crippen LogP contribution in [0.3, 0.4) is 0 Å². The zero-order chi connectivity index (χ0) is 31.6. The topological polar surface area (TPSA) is 51.6 Å². The van der Waals surface area contributed by atoms with Crippen LogP contribution >= 0.6 is 0 Å². The van der Waals surface area contributed by atoms with Gasteiger partial charge in [0.2, 0.25) is 0 Å². The Hall–Kier alpha value is -6.52. The summed E-state index contributed by atoms with van der Waals surface area (Å²) in [5, 5.41) is 11.6. The summed E-state index contributed by atoms with van der Waals surface area (Å²) >= 11 is 0. The van der Waals surface area contributed by atoms with Gasteiger partial charge >= 0.3 is 0 Å². The highest BCUT2D eigenvalue weighted by Gasteiger charge is 2.14. The second-order valence-electron chi connectivity index (χ2n) is 12.3. The van der Waals surface area contributed by atoms with Gasteiger partial charge in [-0.2, -0.15) is 0 Å². The van der Waals surface area contributed by atoms with Crippen LogP contribution in [-0.4, -0.2) is 19.9 Å². The smallest absolute Gasteiger partial charge is 0.159 e. The number of fused-ring (bicyclic) bond motifs is 12. The van der Waals surface area contributed by atoms with Crippen molar-refractivity contribution in [3.8, 4) is 33.9 Å². The maximum atomic E-state index is 5.15. The Morgan fingerprint density at radius 2 is 0.646 bits per heavy atom. The highest BCUT2D eigenvalue weighted by molar-refractivity contribution is 6.25. The molecule has 10 rings (SSSR count). The molecule has 0 aliphatic rings. The lowest BCUT2D eigenvalue weighted by Gasteiger charge is -2.11. The van der Waals surface area contributed by atoms with Crippen LogP contribution in [0.25, 0.3) is 98.8 Å². The van der Waals surface area contributed by atoms with E-state index in [4.69, 9.17) is 19.9 Å². The summed E-state index contributed by atoms with van der Waals surface area (Å²) in [4.78, 5) is 20.0. The Labute approximate surface area is 276 Å². The Morgan fingerprint density at radius 1 is 0.271 bits per heavy atom. The summed E-state index contributed by atoms with van der Waals surface area (Å²) in [5.74, 6) is 1.43. The maximum Gasteiger partial charge on any atom is 0.159 e. The SMILES string of the molecule is c1cc(-c2ccc(-c3ncc4c5ccccc5c5ccccc5c4n3)cc2)cc(-c2ncc3c4ccccc4c4ccccc4c3n2)c1. The lowest BCUT2D eigenvalue weighted by molar-refractivity contribution is 1.23. The van der Waals surface area contributed by atoms with Crippen molar-refractivity contribution in [1.29, 1.82) is 0 Å². The summed E-state index contributed by atoms with van der Waals surface area (Å²) < 4.78 is 0. The first-order chi connectivity index (χ1) is 23.8. The average Bonchev–Trinajstić information content (AvgIpc) is 3.18. The van der Waals surface area contributed by atoms with Gasteiger partial charge in [-0.05, 0) is 49.5 Å². The number of nitrogens with zero attached hydrogens (tertiary/aromatic N) is 4. The van der Waals surface area contributed by atoms with Crippen molar-refractivity contribution in [2.45, 2.75) is 0 Å². The monoisotopic (exact) mass is 610 g/mol. The molecule has 0 spiro atoms. The Balaban J connectivity index is 1.04. The standard InChI is InChI=1S/C44H26N4/c1-3-16-35-31(12-1)33-14-5-7-18-37(33)41-39(35)25-45-43(47-41)28-22-20-27(21-23-28)29-10-9-11-30(24-29)44-46-26-40-36-17-4-2-13-32(36)34-15-6-8-19-38(34)42(40)48-44/h1-26H. The third-order valence-corrected chi connectivity index (χ3v) is 9.55. The van der Waals surface area contributed by atoms with E-state index in [-0.39, 0.29) is 0 Å². The van der Waals surface area contributed by atoms with E-state index in [1.807, 2.05) is 12.4 Å². The molecule has 8 aromatic carbocycles. The van der Waals surface area contributed by atoms with Crippen LogP contribution in [0.5, 0.6) is 0 Å². The van der Waals surface area contributed by atoms with Gasteiger partial charge in [0.05, 0.1) is 11.0 Å². The molecule has 48 heavy (non-hydrogen) atoms. The van der Waals surface area contributed by atoms with E-state index < -0.39 is 0 Å². The summed E-state index contributed by atoms with van der Waals surface area (Å²) in [6.45, 7) is 0. The normalized spacial score (nSPS) is 11.8. The maximum absolute atomic E-state index is 5.15. The molecule has 0 radical (unpaired) electrons. The van der Waals surface area contributed by atoms with Gasteiger partial charge in [0.1, 0.15) is 0 Å². The van der Waals surface area contributed by atoms with Gasteiger partial charge in [0.15, 0.2) is 11.6 Å². The van der Waals surface area contributed by atoms with E-state index in [2.05, 4.69) is 146 Å². The minimum absolute atomic E-state index is 0.714. The minimum Gasteiger partial charge on any atom is -0.236 e. The van der Waals surface area contributed by atoms with Crippen LogP contribution in [0.15, 0.2) is 158 Å². The van der Waals surface area contributed by atoms with Crippen LogP contribution in [0.1, 0.15) is 0 Å². The predicted molar refractivity (Wildman–Crippen MR) is 199 cm³/mol. The minimum atomic E-state index is 0.714. The molecular formula is C44H26N4. The van der Waals surface area contributed by atoms with Crippen LogP contribution in [0.2, 0.25) is 0 Å². The third kappa shape index (κ3) is 4.10. The highest BCUT2D eigenvalue weighted by atomic mass is 14.9. The van der Waals surface area contributed by atoms with Crippen molar-refractivity contribution in [1.82, 2.24) is 19.9 Å². The second kappa shape index (κ2) is 10.5. The Morgan fingerprint density at radius 3 is 1.15 bits per heavy atom. The van der Waals surface area contributed by atoms with Crippen molar-refractivity contribution in [3.63, 3.8) is 0 Å². The lowest BCUT2D eigenvalue weighted by Crippen LogP contribution is -1.93. The van der Waals surface area contributed by atoms with Gasteiger partial charge < -0.3 is 0 Å². The summed E-state index contributed by atoms with van der Waals surface area (Å²) in [6.07, 6.45) is 3.95. The molecule has 0 fully saturated rings. The lowest BCUT2D eigenvalue weighted by atomic mass is 9.97. The van der Waals surface area contributed by atoms with Crippen LogP contribution in [0.4, 0.5) is 0 Å². The van der Waals surface area contributed by atoms with Crippen LogP contribution in [0, 0.1) is 0 Å². The summed E-state index contributed by atoms with van der Waals surface area (Å²) in [6, 6.07) is 51.0. The molecule has 0 atom stereocenters. The molecule has 0 aliphatic heterocycles. The number of hydrogen-bond donors (Lipinski definition) is 0. The Bertz CT molecular complexity index is 2820. The average molecular weight is 611 g/mol. The van der Waals surface area contributed by atoms with E-state index in [1.165, 1.54) is 32.3 Å². The van der Waals surface area contributed by atoms with Gasteiger partial charge in [-0.25, -0.2) is 19.9 Å². The number of benzene rings is 8. The molecule has 4 nitrogen and oxygen atoms in total. The van der Waals surface area contributed by atoms with Crippen molar-refractivity contribution < 1.29 is 0 Å². The van der Waals surface area contributed by atoms with Crippen molar-refractivity contribution in [3.05, 3.63) is 158 Å². The quantitative estimate of drug-likeness (QED) is 0.187. The molecular weight excluding hydrogens is 585 g/mol. The third-order valence-electron chi connectivity index (χ3n) is 9.55. The zero-order valence-electron chi connectivity index (χ0n) is 25.8. The van der Waals surface area contributed by atoms with Gasteiger partial charge in [0, 0.05) is 45.1 Å². The molecule has 4 heteroatoms. The summed E-state index contributed by atoms with van der Waals surface area (Å²) in [7, 11) is 0. The molecule has 2 heterocycles. The zero-order valence-corrected chi connectivity index (χ0v) is 25.8. The van der Waals surface area contributed by atoms with E-state index in [0.717, 1.165) is 54.8 Å². The molecule has 0 N–H and O–H groups in total. The molecule has 0 aliphatic carbocycles. The van der Waals surface area contributed by atoms with Crippen molar-refractivity contribution in [2.75, 3.05) is 0 Å². The van der Waals surface area contributed by atoms with Gasteiger partial charge in [0.25, 0.3) is 0 Å². The number of aromatic nitrogens is 4. The van der Waals surface area contributed by atoms with Gasteiger partial charge in [-0.3, -0.25) is 0 Å². The molecule has 0 bridgehead atoms. The first-order valence-electron chi connectivity index (χ1n) is 16.1. The van der Waals surface area contributed by atoms with Gasteiger partial charge in [-0.15, -0.1) is 0 Å². The largest absolute Gasteiger partial charge is 0.236 e. The fourth-order valence-electron chi connectivity index (χ4n) is 7.25. The second-order valence-corrected chi connectivity index (χ2v) is 12.3. The molecule has 0 amide bonds. The molecule has 0 saturated heterocycles. The van der Waals surface area contributed by atoms with E-state index in [0.29, 0.717) is 11.6 Å². The van der Waals surface area contributed by atoms with Crippen LogP contribution < -0.4 is 0 Å². The molecule has 0 unspecified atom stereocenters. The van der Waals surface area contributed by atoms with Crippen molar-refractivity contribution in [2.24, 2.45) is 0 Å². The molecule has 222 valence electrons. The molecule has 10 aromatic rings. The molecule has 0 saturated carbocycles. The first-order valence-corrected chi connectivity index (χ1v) is 16.1. The number of hydrogen-bond acceptors (Lipinski definition) is 4. The fourth-order valence-corrected chi connectivity index (χ4v) is 7.25. The van der Waals surface area contributed by atoms with Gasteiger partial charge in [-0.1, -0.05) is 140 Å². The van der Waals surface area contributed by atoms with E-state index >= 15 is 0 Å². The first kappa shape index (κ1) is 26.7. The fraction of sp³-hybridized carbons (Fsp3) is 0. The highest BCUT2D eigenvalue weighted by Crippen LogP contribution is 2.36. The van der Waals surface area contributed by atoms with E-state index in [9.17, 15) is 0 Å². The van der Waals surface area contributed by atoms with Crippen LogP contribution in [-0.2, 0) is 0 Å². The summed E-state index contributed by atoms with van der Waals surface area (Å²) in [5.41, 5.74) is 6.11. The number of rotatable bonds is 3. The predicted octanol–water partition coefficient (Wildman–Crippen LogP) is 11.2. The Kier molecular flexibility index (Phi) is 5.84. The van der Waals surface area contributed by atoms with E-state index in [1.54, 1.807) is 0 Å². The van der Waals surface area contributed by atoms with Crippen molar-refractivity contribution >= 4 is 64.9 Å². The molecule has 2 aromatic heterocycles.